The van der Waals surface area contributed by atoms with Gasteiger partial charge >= 0.3 is 0 Å². The van der Waals surface area contributed by atoms with Gasteiger partial charge in [0.1, 0.15) is 10.5 Å². The van der Waals surface area contributed by atoms with Crippen LogP contribution in [0, 0.1) is 0 Å². The molecular formula is C19H16ClNO4S. The van der Waals surface area contributed by atoms with Gasteiger partial charge in [0, 0.05) is 5.56 Å². The number of nitrogens with one attached hydrogen (secondary N) is 1. The zero-order valence-corrected chi connectivity index (χ0v) is 15.5. The van der Waals surface area contributed by atoms with Crippen LogP contribution < -0.4 is 10.1 Å². The highest BCUT2D eigenvalue weighted by molar-refractivity contribution is 8.16. The molecule has 1 aliphatic rings. The molecule has 0 radical (unpaired) electrons. The van der Waals surface area contributed by atoms with Gasteiger partial charge in [0.2, 0.25) is 11.7 Å². The molecule has 2 aromatic carbocycles. The van der Waals surface area contributed by atoms with E-state index in [-0.39, 0.29) is 23.5 Å². The quantitative estimate of drug-likeness (QED) is 0.759. The molecule has 0 bridgehead atoms. The second kappa shape index (κ2) is 7.51. The minimum absolute atomic E-state index is 0.118. The summed E-state index contributed by atoms with van der Waals surface area (Å²) in [7, 11) is 0. The van der Waals surface area contributed by atoms with E-state index in [1.807, 2.05) is 12.1 Å². The van der Waals surface area contributed by atoms with Gasteiger partial charge in [-0.2, -0.15) is 0 Å². The second-order valence-corrected chi connectivity index (χ2v) is 7.97. The van der Waals surface area contributed by atoms with Crippen LogP contribution in [0.2, 0.25) is 5.02 Å². The van der Waals surface area contributed by atoms with E-state index in [0.29, 0.717) is 22.8 Å². The molecule has 0 aromatic heterocycles. The highest BCUT2D eigenvalue weighted by Gasteiger charge is 2.43. The fraction of sp³-hybridized carbons (Fsp3) is 0.211. The molecule has 1 atom stereocenters. The van der Waals surface area contributed by atoms with Crippen LogP contribution in [-0.4, -0.2) is 28.3 Å². The lowest BCUT2D eigenvalue weighted by molar-refractivity contribution is -0.121. The van der Waals surface area contributed by atoms with Gasteiger partial charge in [-0.1, -0.05) is 35.9 Å². The number of hydrogen-bond acceptors (Lipinski definition) is 5. The first-order chi connectivity index (χ1) is 12.4. The monoisotopic (exact) mass is 389 g/mol. The number of Topliss-reactive ketones (excluding diaryl/α,β-unsaturated/α-hetero) is 1. The number of carbonyl (C=O) groups excluding carboxylic acids is 3. The fourth-order valence-corrected chi connectivity index (χ4v) is 3.80. The number of carbonyl (C=O) groups is 3. The predicted molar refractivity (Wildman–Crippen MR) is 101 cm³/mol. The van der Waals surface area contributed by atoms with Crippen molar-refractivity contribution in [3.05, 3.63) is 64.7 Å². The lowest BCUT2D eigenvalue weighted by atomic mass is 9.99. The minimum atomic E-state index is -0.806. The molecule has 1 saturated heterocycles. The van der Waals surface area contributed by atoms with Gasteiger partial charge in [-0.05, 0) is 54.9 Å². The van der Waals surface area contributed by atoms with Crippen molar-refractivity contribution in [1.82, 2.24) is 5.32 Å². The number of ether oxygens (including phenoxy) is 1. The largest absolute Gasteiger partial charge is 0.485 e. The SMILES string of the molecule is C[C@]1(Cc2ccc(OCC(=O)c3ccccc3Cl)cc2)SC(=O)NC1=O. The molecule has 134 valence electrons. The van der Waals surface area contributed by atoms with E-state index in [2.05, 4.69) is 5.32 Å². The van der Waals surface area contributed by atoms with Crippen LogP contribution in [0.4, 0.5) is 4.79 Å². The fourth-order valence-electron chi connectivity index (χ4n) is 2.62. The summed E-state index contributed by atoms with van der Waals surface area (Å²) >= 11 is 7.00. The van der Waals surface area contributed by atoms with Gasteiger partial charge in [-0.3, -0.25) is 19.7 Å². The summed E-state index contributed by atoms with van der Waals surface area (Å²) in [5.74, 6) is 0.0572. The van der Waals surface area contributed by atoms with Crippen LogP contribution in [0.3, 0.4) is 0 Å². The normalized spacial score (nSPS) is 19.3. The summed E-state index contributed by atoms with van der Waals surface area (Å²) < 4.78 is 4.71. The molecule has 2 aromatic rings. The average Bonchev–Trinajstić information content (AvgIpc) is 2.86. The van der Waals surface area contributed by atoms with Crippen molar-refractivity contribution in [2.75, 3.05) is 6.61 Å². The Morgan fingerprint density at radius 3 is 2.46 bits per heavy atom. The Labute approximate surface area is 160 Å². The molecule has 1 N–H and O–H groups in total. The van der Waals surface area contributed by atoms with E-state index >= 15 is 0 Å². The van der Waals surface area contributed by atoms with E-state index in [0.717, 1.165) is 17.3 Å². The molecule has 26 heavy (non-hydrogen) atoms. The molecule has 1 aliphatic heterocycles. The Hall–Kier alpha value is -2.31. The Morgan fingerprint density at radius 1 is 1.15 bits per heavy atom. The van der Waals surface area contributed by atoms with Gasteiger partial charge in [0.25, 0.3) is 5.24 Å². The van der Waals surface area contributed by atoms with Gasteiger partial charge in [-0.25, -0.2) is 0 Å². The molecule has 1 heterocycles. The molecule has 0 spiro atoms. The van der Waals surface area contributed by atoms with Gasteiger partial charge in [0.15, 0.2) is 6.61 Å². The molecular weight excluding hydrogens is 374 g/mol. The number of halogens is 1. The maximum atomic E-state index is 12.2. The van der Waals surface area contributed by atoms with Crippen molar-refractivity contribution in [2.45, 2.75) is 18.1 Å². The molecule has 5 nitrogen and oxygen atoms in total. The van der Waals surface area contributed by atoms with Crippen LogP contribution in [-0.2, 0) is 11.2 Å². The van der Waals surface area contributed by atoms with Crippen LogP contribution in [0.25, 0.3) is 0 Å². The van der Waals surface area contributed by atoms with Crippen molar-refractivity contribution in [3.63, 3.8) is 0 Å². The zero-order chi connectivity index (χ0) is 18.7. The highest BCUT2D eigenvalue weighted by Crippen LogP contribution is 2.34. The van der Waals surface area contributed by atoms with Crippen molar-refractivity contribution in [2.24, 2.45) is 0 Å². The Bertz CT molecular complexity index is 868. The molecule has 0 saturated carbocycles. The average molecular weight is 390 g/mol. The lowest BCUT2D eigenvalue weighted by Gasteiger charge is -2.18. The van der Waals surface area contributed by atoms with Gasteiger partial charge in [-0.15, -0.1) is 0 Å². The highest BCUT2D eigenvalue weighted by atomic mass is 35.5. The number of thioether (sulfide) groups is 1. The number of hydrogen-bond donors (Lipinski definition) is 1. The maximum Gasteiger partial charge on any atom is 0.286 e. The molecule has 1 fully saturated rings. The third-order valence-corrected chi connectivity index (χ3v) is 5.42. The van der Waals surface area contributed by atoms with Crippen LogP contribution >= 0.6 is 23.4 Å². The van der Waals surface area contributed by atoms with Gasteiger partial charge in [0.05, 0.1) is 5.02 Å². The Balaban J connectivity index is 1.60. The van der Waals surface area contributed by atoms with Crippen molar-refractivity contribution >= 4 is 40.3 Å². The van der Waals surface area contributed by atoms with Gasteiger partial charge < -0.3 is 4.74 Å². The first-order valence-electron chi connectivity index (χ1n) is 7.91. The van der Waals surface area contributed by atoms with E-state index in [1.54, 1.807) is 43.3 Å². The topological polar surface area (TPSA) is 72.5 Å². The summed E-state index contributed by atoms with van der Waals surface area (Å²) in [4.78, 5) is 35.4. The van der Waals surface area contributed by atoms with Crippen molar-refractivity contribution in [3.8, 4) is 5.75 Å². The van der Waals surface area contributed by atoms with E-state index in [1.165, 1.54) is 0 Å². The molecule has 3 rings (SSSR count). The molecule has 0 aliphatic carbocycles. The van der Waals surface area contributed by atoms with E-state index < -0.39 is 4.75 Å². The summed E-state index contributed by atoms with van der Waals surface area (Å²) in [6.07, 6.45) is 0.425. The summed E-state index contributed by atoms with van der Waals surface area (Å²) in [6.45, 7) is 1.62. The zero-order valence-electron chi connectivity index (χ0n) is 14.0. The number of amides is 2. The Morgan fingerprint density at radius 2 is 1.85 bits per heavy atom. The molecule has 0 unspecified atom stereocenters. The first kappa shape index (κ1) is 18.5. The number of imide groups is 1. The summed E-state index contributed by atoms with van der Waals surface area (Å²) in [5.41, 5.74) is 1.32. The molecule has 7 heteroatoms. The standard InChI is InChI=1S/C19H16ClNO4S/c1-19(17(23)21-18(24)26-19)10-12-6-8-13(9-7-12)25-11-16(22)14-4-2-3-5-15(14)20/h2-9H,10-11H2,1H3,(H,21,23,24)/t19-/m1/s1. The Kier molecular flexibility index (Phi) is 5.34. The first-order valence-corrected chi connectivity index (χ1v) is 9.11. The van der Waals surface area contributed by atoms with Crippen LogP contribution in [0.5, 0.6) is 5.75 Å². The second-order valence-electron chi connectivity index (χ2n) is 6.09. The maximum absolute atomic E-state index is 12.2. The number of ketones is 1. The van der Waals surface area contributed by atoms with Crippen LogP contribution in [0.1, 0.15) is 22.8 Å². The summed E-state index contributed by atoms with van der Waals surface area (Å²) in [6, 6.07) is 13.9. The van der Waals surface area contributed by atoms with Crippen molar-refractivity contribution < 1.29 is 19.1 Å². The number of rotatable bonds is 6. The molecule has 2 amide bonds. The van der Waals surface area contributed by atoms with Crippen LogP contribution in [0.15, 0.2) is 48.5 Å². The van der Waals surface area contributed by atoms with Crippen molar-refractivity contribution in [1.29, 1.82) is 0 Å². The van der Waals surface area contributed by atoms with E-state index in [9.17, 15) is 14.4 Å². The third-order valence-electron chi connectivity index (χ3n) is 4.02. The third kappa shape index (κ3) is 4.08. The number of benzene rings is 2. The predicted octanol–water partition coefficient (Wildman–Crippen LogP) is 3.89. The summed E-state index contributed by atoms with van der Waals surface area (Å²) in [5, 5.41) is 2.38. The lowest BCUT2D eigenvalue weighted by Crippen LogP contribution is -2.35. The smallest absolute Gasteiger partial charge is 0.286 e. The van der Waals surface area contributed by atoms with E-state index in [4.69, 9.17) is 16.3 Å². The minimum Gasteiger partial charge on any atom is -0.485 e.